The highest BCUT2D eigenvalue weighted by Gasteiger charge is 2.46. The monoisotopic (exact) mass is 313 g/mol. The predicted molar refractivity (Wildman–Crippen MR) is 69.0 cm³/mol. The van der Waals surface area contributed by atoms with E-state index in [-0.39, 0.29) is 11.3 Å². The first-order chi connectivity index (χ1) is 10.3. The Labute approximate surface area is 119 Å². The van der Waals surface area contributed by atoms with Gasteiger partial charge in [-0.1, -0.05) is 12.1 Å². The molecule has 0 atom stereocenters. The molecule has 0 saturated heterocycles. The van der Waals surface area contributed by atoms with Crippen LogP contribution in [-0.4, -0.2) is 31.8 Å². The van der Waals surface area contributed by atoms with E-state index in [9.17, 15) is 27.5 Å². The lowest BCUT2D eigenvalue weighted by atomic mass is 10.2. The highest BCUT2D eigenvalue weighted by Crippen LogP contribution is 2.29. The molecule has 1 aromatic carbocycles. The van der Waals surface area contributed by atoms with Gasteiger partial charge in [-0.15, -0.1) is 0 Å². The molecule has 9 heteroatoms. The van der Waals surface area contributed by atoms with Crippen LogP contribution in [0.25, 0.3) is 22.6 Å². The van der Waals surface area contributed by atoms with E-state index in [0.717, 1.165) is 4.40 Å². The quantitative estimate of drug-likeness (QED) is 0.729. The number of imidazole rings is 1. The molecule has 0 amide bonds. The summed E-state index contributed by atoms with van der Waals surface area (Å²) in [5.41, 5.74) is -0.453. The van der Waals surface area contributed by atoms with Crippen molar-refractivity contribution < 1.29 is 22.7 Å². The van der Waals surface area contributed by atoms with Crippen LogP contribution in [0, 0.1) is 0 Å². The van der Waals surface area contributed by atoms with E-state index >= 15 is 0 Å². The molecule has 0 unspecified atom stereocenters. The topological polar surface area (TPSA) is 67.5 Å². The Balaban J connectivity index is 2.46. The average Bonchev–Trinajstić information content (AvgIpc) is 2.86. The lowest BCUT2D eigenvalue weighted by Crippen LogP contribution is -2.40. The molecule has 1 N–H and O–H groups in total. The van der Waals surface area contributed by atoms with Crippen LogP contribution in [0.15, 0.2) is 35.3 Å². The Morgan fingerprint density at radius 2 is 1.95 bits per heavy atom. The molecule has 0 aliphatic heterocycles. The Morgan fingerprint density at radius 1 is 1.27 bits per heavy atom. The van der Waals surface area contributed by atoms with Crippen LogP contribution in [0.2, 0.25) is 0 Å². The Hall–Kier alpha value is -2.71. The molecule has 0 bridgehead atoms. The molecular formula is C13H7F4N3O2. The number of nitrogens with zero attached hydrogens (tertiary/aromatic N) is 3. The van der Waals surface area contributed by atoms with Gasteiger partial charge in [0.25, 0.3) is 5.56 Å². The van der Waals surface area contributed by atoms with Crippen molar-refractivity contribution in [3.05, 3.63) is 46.0 Å². The number of aliphatic hydroxyl groups is 1. The Kier molecular flexibility index (Phi) is 3.01. The van der Waals surface area contributed by atoms with Gasteiger partial charge in [0.1, 0.15) is 5.22 Å². The standard InChI is InChI=1S/C13H7F4N3O2/c14-11(15)13(16,17)9(21)6-5-18-12-19-7-3-1-2-4-8(7)20(12)10(6)22/h1-5,11,21H/b9-6-. The van der Waals surface area contributed by atoms with Crippen LogP contribution in [0.3, 0.4) is 0 Å². The second kappa shape index (κ2) is 4.65. The number of fused-ring (bicyclic) bond motifs is 3. The zero-order chi connectivity index (χ0) is 16.1. The molecule has 114 valence electrons. The summed E-state index contributed by atoms with van der Waals surface area (Å²) in [6, 6.07) is 6.29. The summed E-state index contributed by atoms with van der Waals surface area (Å²) in [6.45, 7) is 0. The average molecular weight is 313 g/mol. The third-order valence-electron chi connectivity index (χ3n) is 3.13. The number of alkyl halides is 4. The minimum absolute atomic E-state index is 0.0805. The molecule has 0 fully saturated rings. The number of halogens is 4. The molecule has 3 rings (SSSR count). The lowest BCUT2D eigenvalue weighted by molar-refractivity contribution is -0.0976. The first-order valence-corrected chi connectivity index (χ1v) is 6.00. The fraction of sp³-hybridized carbons (Fsp3) is 0.154. The molecule has 5 nitrogen and oxygen atoms in total. The van der Waals surface area contributed by atoms with Crippen molar-refractivity contribution in [1.29, 1.82) is 0 Å². The molecule has 0 spiro atoms. The number of aromatic nitrogens is 3. The number of benzene rings is 1. The molecule has 22 heavy (non-hydrogen) atoms. The van der Waals surface area contributed by atoms with Crippen molar-refractivity contribution in [2.24, 2.45) is 0 Å². The minimum Gasteiger partial charge on any atom is -0.506 e. The molecule has 0 saturated carbocycles. The van der Waals surface area contributed by atoms with E-state index in [1.165, 1.54) is 6.07 Å². The van der Waals surface area contributed by atoms with Crippen LogP contribution in [0.4, 0.5) is 17.6 Å². The normalized spacial score (nSPS) is 14.0. The first-order valence-electron chi connectivity index (χ1n) is 6.00. The summed E-state index contributed by atoms with van der Waals surface area (Å²) in [5.74, 6) is -6.94. The molecule has 2 heterocycles. The molecule has 2 aromatic heterocycles. The summed E-state index contributed by atoms with van der Waals surface area (Å²) < 4.78 is 51.9. The Morgan fingerprint density at radius 3 is 2.64 bits per heavy atom. The third kappa shape index (κ3) is 1.89. The maximum Gasteiger partial charge on any atom is 0.363 e. The van der Waals surface area contributed by atoms with Gasteiger partial charge in [0.15, 0.2) is 5.76 Å². The molecular weight excluding hydrogens is 306 g/mol. The van der Waals surface area contributed by atoms with E-state index in [4.69, 9.17) is 0 Å². The summed E-state index contributed by atoms with van der Waals surface area (Å²) in [4.78, 5) is 19.9. The zero-order valence-electron chi connectivity index (χ0n) is 10.7. The number of aliphatic hydroxyl groups excluding tert-OH is 1. The van der Waals surface area contributed by atoms with E-state index in [0.29, 0.717) is 11.7 Å². The van der Waals surface area contributed by atoms with E-state index in [1.54, 1.807) is 18.2 Å². The Bertz CT molecular complexity index is 984. The maximum absolute atomic E-state index is 13.2. The second-order valence-electron chi connectivity index (χ2n) is 4.49. The number of rotatable bonds is 2. The smallest absolute Gasteiger partial charge is 0.363 e. The third-order valence-corrected chi connectivity index (χ3v) is 3.13. The van der Waals surface area contributed by atoms with Crippen molar-refractivity contribution in [3.63, 3.8) is 0 Å². The van der Waals surface area contributed by atoms with Crippen LogP contribution in [-0.2, 0) is 0 Å². The van der Waals surface area contributed by atoms with Gasteiger partial charge >= 0.3 is 12.3 Å². The van der Waals surface area contributed by atoms with E-state index in [2.05, 4.69) is 9.97 Å². The summed E-state index contributed by atoms with van der Waals surface area (Å²) >= 11 is 0. The molecule has 0 radical (unpaired) electrons. The highest BCUT2D eigenvalue weighted by atomic mass is 19.3. The van der Waals surface area contributed by atoms with Gasteiger partial charge in [-0.3, -0.25) is 4.79 Å². The van der Waals surface area contributed by atoms with Crippen molar-refractivity contribution in [2.45, 2.75) is 12.3 Å². The zero-order valence-corrected chi connectivity index (χ0v) is 10.7. The van der Waals surface area contributed by atoms with Gasteiger partial charge in [-0.25, -0.2) is 23.1 Å². The highest BCUT2D eigenvalue weighted by molar-refractivity contribution is 5.79. The van der Waals surface area contributed by atoms with Gasteiger partial charge in [0.2, 0.25) is 5.78 Å². The first kappa shape index (κ1) is 14.2. The fourth-order valence-electron chi connectivity index (χ4n) is 2.04. The van der Waals surface area contributed by atoms with Gasteiger partial charge < -0.3 is 5.11 Å². The van der Waals surface area contributed by atoms with Gasteiger partial charge in [0.05, 0.1) is 11.0 Å². The van der Waals surface area contributed by atoms with Gasteiger partial charge in [0, 0.05) is 6.20 Å². The lowest BCUT2D eigenvalue weighted by Gasteiger charge is -2.13. The SMILES string of the molecule is O=c1/c(=C(\O)C(F)(F)C(F)F)cnc2nc3ccccc3n12. The fourth-order valence-corrected chi connectivity index (χ4v) is 2.04. The molecule has 3 aromatic rings. The van der Waals surface area contributed by atoms with Crippen LogP contribution in [0.5, 0.6) is 0 Å². The van der Waals surface area contributed by atoms with Gasteiger partial charge in [-0.2, -0.15) is 8.78 Å². The predicted octanol–water partition coefficient (Wildman–Crippen LogP) is 1.53. The minimum atomic E-state index is -4.84. The summed E-state index contributed by atoms with van der Waals surface area (Å²) in [6.07, 6.45) is -3.54. The van der Waals surface area contributed by atoms with Gasteiger partial charge in [-0.05, 0) is 12.1 Å². The molecule has 0 aliphatic rings. The summed E-state index contributed by atoms with van der Waals surface area (Å²) in [5, 5.41) is 8.38. The van der Waals surface area contributed by atoms with Crippen LogP contribution in [0.1, 0.15) is 0 Å². The van der Waals surface area contributed by atoms with E-state index < -0.39 is 28.9 Å². The van der Waals surface area contributed by atoms with E-state index in [1.807, 2.05) is 0 Å². The molecule has 0 aliphatic carbocycles. The second-order valence-corrected chi connectivity index (χ2v) is 4.49. The summed E-state index contributed by atoms with van der Waals surface area (Å²) in [7, 11) is 0. The van der Waals surface area contributed by atoms with Crippen LogP contribution >= 0.6 is 0 Å². The van der Waals surface area contributed by atoms with Crippen molar-refractivity contribution >= 4 is 22.6 Å². The maximum atomic E-state index is 13.2. The van der Waals surface area contributed by atoms with Crippen LogP contribution < -0.4 is 10.8 Å². The number of hydrogen-bond acceptors (Lipinski definition) is 4. The number of hydrogen-bond donors (Lipinski definition) is 1. The van der Waals surface area contributed by atoms with Crippen molar-refractivity contribution in [1.82, 2.24) is 14.4 Å². The number of para-hydroxylation sites is 2. The van der Waals surface area contributed by atoms with Crippen molar-refractivity contribution in [3.8, 4) is 0 Å². The van der Waals surface area contributed by atoms with Crippen molar-refractivity contribution in [2.75, 3.05) is 0 Å². The largest absolute Gasteiger partial charge is 0.506 e.